The molecule has 0 radical (unpaired) electrons. The largest absolute Gasteiger partial charge is 1.00 e. The minimum Gasteiger partial charge on any atom is -0.548 e. The van der Waals surface area contributed by atoms with E-state index in [1.165, 1.54) is 0 Å². The fourth-order valence-corrected chi connectivity index (χ4v) is 0. The van der Waals surface area contributed by atoms with Crippen LogP contribution >= 0.6 is 0 Å². The molecular formula is C4H8Na2O7. The maximum atomic E-state index is 9.01. The maximum absolute atomic E-state index is 9.01. The van der Waals surface area contributed by atoms with E-state index >= 15 is 0 Å². The Morgan fingerprint density at radius 1 is 0.923 bits per heavy atom. The van der Waals surface area contributed by atoms with Crippen LogP contribution in [0.4, 0.5) is 0 Å². The molecule has 0 fully saturated rings. The molecule has 68 valence electrons. The Kier molecular flexibility index (Phi) is 51.7. The summed E-state index contributed by atoms with van der Waals surface area (Å²) in [6.07, 6.45) is 0. The molecule has 0 heterocycles. The molecule has 0 aliphatic carbocycles. The smallest absolute Gasteiger partial charge is 0.548 e. The summed E-state index contributed by atoms with van der Waals surface area (Å²) in [5.41, 5.74) is 0. The fourth-order valence-electron chi connectivity index (χ4n) is 0. The van der Waals surface area contributed by atoms with Gasteiger partial charge in [-0.25, -0.2) is 0 Å². The third-order valence-corrected chi connectivity index (χ3v) is 0.258. The number of hydrogen-bond acceptors (Lipinski definition) is 6. The topological polar surface area (TPSA) is 152 Å². The number of hydrogen-bond donors (Lipinski definition) is 2. The minimum atomic E-state index is -1.44. The number of rotatable bonds is 2. The Bertz CT molecular complexity index is 103. The van der Waals surface area contributed by atoms with Crippen LogP contribution in [-0.4, -0.2) is 40.8 Å². The van der Waals surface area contributed by atoms with E-state index < -0.39 is 25.2 Å². The zero-order chi connectivity index (χ0) is 8.57. The molecular weight excluding hydrogens is 206 g/mol. The number of carboxylic acids is 2. The van der Waals surface area contributed by atoms with Crippen LogP contribution in [0.2, 0.25) is 0 Å². The average Bonchev–Trinajstić information content (AvgIpc) is 1.89. The second-order valence-electron chi connectivity index (χ2n) is 1.06. The van der Waals surface area contributed by atoms with Crippen LogP contribution < -0.4 is 69.3 Å². The quantitative estimate of drug-likeness (QED) is 0.435. The molecule has 4 N–H and O–H groups in total. The molecule has 0 aliphatic heterocycles. The number of carbonyl (C=O) groups excluding carboxylic acids is 2. The molecule has 7 nitrogen and oxygen atoms in total. The van der Waals surface area contributed by atoms with E-state index in [9.17, 15) is 0 Å². The first-order valence-corrected chi connectivity index (χ1v) is 2.16. The second-order valence-corrected chi connectivity index (χ2v) is 1.06. The van der Waals surface area contributed by atoms with Crippen molar-refractivity contribution in [2.45, 2.75) is 0 Å². The molecule has 0 bridgehead atoms. The van der Waals surface area contributed by atoms with E-state index in [2.05, 4.69) is 0 Å². The summed E-state index contributed by atoms with van der Waals surface area (Å²) in [6, 6.07) is 0. The van der Waals surface area contributed by atoms with Gasteiger partial charge in [0.25, 0.3) is 0 Å². The van der Waals surface area contributed by atoms with Crippen molar-refractivity contribution in [3.8, 4) is 0 Å². The summed E-state index contributed by atoms with van der Waals surface area (Å²) in [5.74, 6) is -2.88. The summed E-state index contributed by atoms with van der Waals surface area (Å²) in [7, 11) is 0. The van der Waals surface area contributed by atoms with Crippen molar-refractivity contribution in [3.05, 3.63) is 0 Å². The normalized spacial score (nSPS) is 5.69. The summed E-state index contributed by atoms with van der Waals surface area (Å²) in [4.78, 5) is 18.0. The molecule has 0 unspecified atom stereocenters. The van der Waals surface area contributed by atoms with E-state index in [-0.39, 0.29) is 64.6 Å². The van der Waals surface area contributed by atoms with Crippen molar-refractivity contribution in [1.82, 2.24) is 0 Å². The van der Waals surface area contributed by atoms with Crippen LogP contribution in [0.1, 0.15) is 0 Å². The standard InChI is InChI=1S/2C2H4O3.2Na.H2O/c2*3-1-2(4)5;;;/h2*3H,1H2,(H,4,5);;;1H2/q;;2*+1;/p-2. The van der Waals surface area contributed by atoms with Gasteiger partial charge in [-0.05, 0) is 0 Å². The zero-order valence-corrected chi connectivity index (χ0v) is 11.4. The Labute approximate surface area is 119 Å². The summed E-state index contributed by atoms with van der Waals surface area (Å²) < 4.78 is 0. The first-order valence-electron chi connectivity index (χ1n) is 2.16. The van der Waals surface area contributed by atoms with E-state index in [0.717, 1.165) is 0 Å². The van der Waals surface area contributed by atoms with Crippen LogP contribution in [0.25, 0.3) is 0 Å². The van der Waals surface area contributed by atoms with E-state index in [0.29, 0.717) is 0 Å². The maximum Gasteiger partial charge on any atom is 1.00 e. The molecule has 0 atom stereocenters. The van der Waals surface area contributed by atoms with Gasteiger partial charge < -0.3 is 35.5 Å². The molecule has 0 aliphatic rings. The van der Waals surface area contributed by atoms with Gasteiger partial charge in [-0.1, -0.05) is 0 Å². The number of aliphatic hydroxyl groups is 2. The van der Waals surface area contributed by atoms with Crippen molar-refractivity contribution in [2.24, 2.45) is 0 Å². The predicted molar refractivity (Wildman–Crippen MR) is 27.8 cm³/mol. The first-order chi connectivity index (χ1) is 4.54. The molecule has 9 heteroatoms. The summed E-state index contributed by atoms with van der Waals surface area (Å²) >= 11 is 0. The first kappa shape index (κ1) is 29.2. The SMILES string of the molecule is O.O=C([O-])CO.O=C([O-])CO.[Na+].[Na+]. The number of carboxylic acid groups (broad SMARTS) is 2. The van der Waals surface area contributed by atoms with E-state index in [1.54, 1.807) is 0 Å². The van der Waals surface area contributed by atoms with E-state index in [4.69, 9.17) is 30.0 Å². The van der Waals surface area contributed by atoms with Gasteiger partial charge in [0, 0.05) is 0 Å². The Balaban J connectivity index is -0.0000000267. The van der Waals surface area contributed by atoms with Crippen molar-refractivity contribution in [1.29, 1.82) is 0 Å². The van der Waals surface area contributed by atoms with Crippen molar-refractivity contribution in [3.63, 3.8) is 0 Å². The van der Waals surface area contributed by atoms with Gasteiger partial charge in [0.15, 0.2) is 0 Å². The summed E-state index contributed by atoms with van der Waals surface area (Å²) in [5, 5.41) is 33.0. The van der Waals surface area contributed by atoms with Gasteiger partial charge in [0.2, 0.25) is 0 Å². The number of carbonyl (C=O) groups is 2. The molecule has 0 aromatic rings. The number of aliphatic carboxylic acids is 2. The van der Waals surface area contributed by atoms with Crippen LogP contribution in [-0.2, 0) is 9.59 Å². The van der Waals surface area contributed by atoms with Crippen molar-refractivity contribution < 1.29 is 94.6 Å². The third kappa shape index (κ3) is 64.6. The van der Waals surface area contributed by atoms with Gasteiger partial charge >= 0.3 is 59.1 Å². The fraction of sp³-hybridized carbons (Fsp3) is 0.500. The Morgan fingerprint density at radius 3 is 1.00 bits per heavy atom. The van der Waals surface area contributed by atoms with Crippen molar-refractivity contribution in [2.75, 3.05) is 13.2 Å². The van der Waals surface area contributed by atoms with Gasteiger partial charge in [-0.15, -0.1) is 0 Å². The number of aliphatic hydroxyl groups excluding tert-OH is 2. The third-order valence-electron chi connectivity index (χ3n) is 0.258. The Morgan fingerprint density at radius 2 is 1.00 bits per heavy atom. The molecule has 0 rings (SSSR count). The van der Waals surface area contributed by atoms with Crippen LogP contribution in [0.3, 0.4) is 0 Å². The molecule has 0 saturated carbocycles. The van der Waals surface area contributed by atoms with Gasteiger partial charge in [0.1, 0.15) is 0 Å². The monoisotopic (exact) mass is 214 g/mol. The van der Waals surface area contributed by atoms with Gasteiger partial charge in [-0.3, -0.25) is 0 Å². The van der Waals surface area contributed by atoms with E-state index in [1.807, 2.05) is 0 Å². The molecule has 0 spiro atoms. The molecule has 13 heavy (non-hydrogen) atoms. The van der Waals surface area contributed by atoms with Gasteiger partial charge in [0.05, 0.1) is 25.2 Å². The molecule has 0 aromatic carbocycles. The van der Waals surface area contributed by atoms with Crippen LogP contribution in [0.15, 0.2) is 0 Å². The summed E-state index contributed by atoms with van der Waals surface area (Å²) in [6.45, 7) is -1.78. The average molecular weight is 214 g/mol. The van der Waals surface area contributed by atoms with Crippen molar-refractivity contribution >= 4 is 11.9 Å². The Hall–Kier alpha value is 0.820. The zero-order valence-electron chi connectivity index (χ0n) is 7.44. The van der Waals surface area contributed by atoms with Crippen LogP contribution in [0, 0.1) is 0 Å². The second kappa shape index (κ2) is 23.0. The van der Waals surface area contributed by atoms with Gasteiger partial charge in [-0.2, -0.15) is 0 Å². The van der Waals surface area contributed by atoms with Crippen LogP contribution in [0.5, 0.6) is 0 Å². The molecule has 0 amide bonds. The molecule has 0 aromatic heterocycles. The minimum absolute atomic E-state index is 0. The predicted octanol–water partition coefficient (Wildman–Crippen LogP) is -11.4. The molecule has 0 saturated heterocycles.